The van der Waals surface area contributed by atoms with Gasteiger partial charge in [0.15, 0.2) is 0 Å². The number of carbonyl (C=O) groups is 1. The van der Waals surface area contributed by atoms with Gasteiger partial charge in [0.05, 0.1) is 25.4 Å². The number of hydrogen-bond acceptors (Lipinski definition) is 4. The van der Waals surface area contributed by atoms with Crippen molar-refractivity contribution in [3.63, 3.8) is 0 Å². The van der Waals surface area contributed by atoms with E-state index in [0.29, 0.717) is 19.7 Å². The van der Waals surface area contributed by atoms with Gasteiger partial charge in [-0.05, 0) is 11.1 Å². The molecule has 2 N–H and O–H groups in total. The Morgan fingerprint density at radius 1 is 1.12 bits per heavy atom. The lowest BCUT2D eigenvalue weighted by atomic mass is 10.1. The number of methoxy groups -OCH3 is 1. The van der Waals surface area contributed by atoms with Gasteiger partial charge in [-0.3, -0.25) is 4.90 Å². The van der Waals surface area contributed by atoms with Gasteiger partial charge >= 0.3 is 6.09 Å². The molecule has 0 aromatic heterocycles. The second-order valence-electron chi connectivity index (χ2n) is 6.34. The molecular formula is C20H24N2O3. The maximum absolute atomic E-state index is 12.4. The molecule has 0 aliphatic heterocycles. The van der Waals surface area contributed by atoms with Gasteiger partial charge in [0.2, 0.25) is 0 Å². The van der Waals surface area contributed by atoms with Crippen LogP contribution in [0, 0.1) is 0 Å². The van der Waals surface area contributed by atoms with Gasteiger partial charge in [-0.1, -0.05) is 60.7 Å². The van der Waals surface area contributed by atoms with Crippen LogP contribution in [0.1, 0.15) is 17.5 Å². The number of carbonyl (C=O) groups excluding carboxylic acids is 1. The lowest BCUT2D eigenvalue weighted by Gasteiger charge is -2.31. The van der Waals surface area contributed by atoms with Crippen LogP contribution in [0.25, 0.3) is 0 Å². The first-order valence-electron chi connectivity index (χ1n) is 8.45. The molecule has 132 valence electrons. The molecule has 1 amide bonds. The molecule has 0 unspecified atom stereocenters. The van der Waals surface area contributed by atoms with E-state index in [4.69, 9.17) is 15.2 Å². The molecule has 2 atom stereocenters. The fourth-order valence-corrected chi connectivity index (χ4v) is 3.14. The third kappa shape index (κ3) is 3.83. The molecule has 1 saturated carbocycles. The van der Waals surface area contributed by atoms with E-state index in [-0.39, 0.29) is 12.2 Å². The van der Waals surface area contributed by atoms with Gasteiger partial charge in [0.1, 0.15) is 0 Å². The largest absolute Gasteiger partial charge is 0.453 e. The Hall–Kier alpha value is -2.37. The van der Waals surface area contributed by atoms with E-state index in [1.54, 1.807) is 4.90 Å². The summed E-state index contributed by atoms with van der Waals surface area (Å²) in [5.74, 6) is 0. The van der Waals surface area contributed by atoms with Crippen LogP contribution in [-0.4, -0.2) is 36.3 Å². The van der Waals surface area contributed by atoms with Crippen LogP contribution in [0.5, 0.6) is 0 Å². The number of hydrogen-bond donors (Lipinski definition) is 1. The molecule has 0 bridgehead atoms. The van der Waals surface area contributed by atoms with Crippen molar-refractivity contribution in [2.75, 3.05) is 13.7 Å². The fraction of sp³-hybridized carbons (Fsp3) is 0.350. The molecule has 2 aromatic rings. The summed E-state index contributed by atoms with van der Waals surface area (Å²) in [6.07, 6.45) is 0.263. The minimum atomic E-state index is -0.502. The first kappa shape index (κ1) is 17.5. The van der Waals surface area contributed by atoms with Crippen molar-refractivity contribution in [1.29, 1.82) is 0 Å². The zero-order chi connectivity index (χ0) is 17.7. The minimum Gasteiger partial charge on any atom is -0.453 e. The molecule has 0 radical (unpaired) electrons. The Balaban J connectivity index is 1.71. The topological polar surface area (TPSA) is 64.8 Å². The van der Waals surface area contributed by atoms with Gasteiger partial charge in [-0.25, -0.2) is 4.79 Å². The monoisotopic (exact) mass is 340 g/mol. The molecule has 2 aromatic carbocycles. The van der Waals surface area contributed by atoms with E-state index >= 15 is 0 Å². The molecule has 0 saturated heterocycles. The van der Waals surface area contributed by atoms with Gasteiger partial charge in [0.25, 0.3) is 0 Å². The van der Waals surface area contributed by atoms with E-state index in [1.165, 1.54) is 7.11 Å². The smallest absolute Gasteiger partial charge is 0.410 e. The van der Waals surface area contributed by atoms with Crippen LogP contribution in [0.2, 0.25) is 0 Å². The third-order valence-electron chi connectivity index (χ3n) is 4.74. The molecule has 25 heavy (non-hydrogen) atoms. The summed E-state index contributed by atoms with van der Waals surface area (Å²) in [4.78, 5) is 14.1. The molecule has 1 fully saturated rings. The highest BCUT2D eigenvalue weighted by Gasteiger charge is 2.60. The normalized spacial score (nSPS) is 21.6. The van der Waals surface area contributed by atoms with Crippen molar-refractivity contribution < 1.29 is 14.3 Å². The molecule has 1 aliphatic rings. The first-order chi connectivity index (χ1) is 12.2. The molecule has 0 heterocycles. The summed E-state index contributed by atoms with van der Waals surface area (Å²) in [6, 6.07) is 19.8. The SMILES string of the molecule is COC(=O)N(Cc1ccccc1)[C@@]1(CN)C[C@@H]1OCc1ccccc1. The Labute approximate surface area is 148 Å². The number of nitrogens with zero attached hydrogens (tertiary/aromatic N) is 1. The van der Waals surface area contributed by atoms with Crippen molar-refractivity contribution in [3.8, 4) is 0 Å². The average molecular weight is 340 g/mol. The highest BCUT2D eigenvalue weighted by atomic mass is 16.5. The second kappa shape index (κ2) is 7.68. The van der Waals surface area contributed by atoms with E-state index in [9.17, 15) is 4.79 Å². The molecule has 5 nitrogen and oxygen atoms in total. The molecule has 3 rings (SSSR count). The second-order valence-corrected chi connectivity index (χ2v) is 6.34. The number of nitrogens with two attached hydrogens (primary N) is 1. The van der Waals surface area contributed by atoms with Crippen LogP contribution in [0.3, 0.4) is 0 Å². The average Bonchev–Trinajstić information content (AvgIpc) is 3.40. The maximum atomic E-state index is 12.4. The zero-order valence-electron chi connectivity index (χ0n) is 14.4. The van der Waals surface area contributed by atoms with Crippen molar-refractivity contribution in [2.24, 2.45) is 5.73 Å². The fourth-order valence-electron chi connectivity index (χ4n) is 3.14. The van der Waals surface area contributed by atoms with Crippen LogP contribution in [0.4, 0.5) is 4.79 Å². The van der Waals surface area contributed by atoms with Gasteiger partial charge in [-0.15, -0.1) is 0 Å². The first-order valence-corrected chi connectivity index (χ1v) is 8.45. The lowest BCUT2D eigenvalue weighted by molar-refractivity contribution is 0.0408. The molecule has 5 heteroatoms. The van der Waals surface area contributed by atoms with E-state index < -0.39 is 5.54 Å². The summed E-state index contributed by atoms with van der Waals surface area (Å²) in [5.41, 5.74) is 7.68. The van der Waals surface area contributed by atoms with E-state index in [2.05, 4.69) is 0 Å². The minimum absolute atomic E-state index is 0.0829. The molecule has 0 spiro atoms. The Morgan fingerprint density at radius 2 is 1.72 bits per heavy atom. The van der Waals surface area contributed by atoms with Crippen molar-refractivity contribution >= 4 is 6.09 Å². The Bertz CT molecular complexity index is 693. The molecular weight excluding hydrogens is 316 g/mol. The summed E-state index contributed by atoms with van der Waals surface area (Å²) in [7, 11) is 1.40. The Kier molecular flexibility index (Phi) is 5.36. The maximum Gasteiger partial charge on any atom is 0.410 e. The number of benzene rings is 2. The lowest BCUT2D eigenvalue weighted by Crippen LogP contribution is -2.49. The Morgan fingerprint density at radius 3 is 2.28 bits per heavy atom. The standard InChI is InChI=1S/C20H24N2O3/c1-24-19(23)22(13-16-8-4-2-5-9-16)20(15-21)12-18(20)25-14-17-10-6-3-7-11-17/h2-11,18H,12-15,21H2,1H3/t18-,20+/m0/s1. The van der Waals surface area contributed by atoms with Crippen LogP contribution in [0.15, 0.2) is 60.7 Å². The predicted molar refractivity (Wildman–Crippen MR) is 95.8 cm³/mol. The summed E-state index contributed by atoms with van der Waals surface area (Å²) >= 11 is 0. The number of amides is 1. The van der Waals surface area contributed by atoms with E-state index in [0.717, 1.165) is 17.5 Å². The van der Waals surface area contributed by atoms with Gasteiger partial charge < -0.3 is 15.2 Å². The third-order valence-corrected chi connectivity index (χ3v) is 4.74. The quantitative estimate of drug-likeness (QED) is 0.842. The molecule has 1 aliphatic carbocycles. The highest BCUT2D eigenvalue weighted by molar-refractivity contribution is 5.69. The van der Waals surface area contributed by atoms with Crippen LogP contribution < -0.4 is 5.73 Å². The van der Waals surface area contributed by atoms with Crippen LogP contribution in [-0.2, 0) is 22.6 Å². The van der Waals surface area contributed by atoms with Crippen molar-refractivity contribution in [2.45, 2.75) is 31.2 Å². The predicted octanol–water partition coefficient (Wildman–Crippen LogP) is 2.94. The van der Waals surface area contributed by atoms with Crippen LogP contribution >= 0.6 is 0 Å². The summed E-state index contributed by atoms with van der Waals surface area (Å²) in [5, 5.41) is 0. The summed E-state index contributed by atoms with van der Waals surface area (Å²) < 4.78 is 11.0. The van der Waals surface area contributed by atoms with E-state index in [1.807, 2.05) is 60.7 Å². The van der Waals surface area contributed by atoms with Gasteiger partial charge in [0, 0.05) is 19.5 Å². The van der Waals surface area contributed by atoms with Crippen molar-refractivity contribution in [3.05, 3.63) is 71.8 Å². The van der Waals surface area contributed by atoms with Crippen molar-refractivity contribution in [1.82, 2.24) is 4.90 Å². The number of ether oxygens (including phenoxy) is 2. The van der Waals surface area contributed by atoms with Gasteiger partial charge in [-0.2, -0.15) is 0 Å². The summed E-state index contributed by atoms with van der Waals surface area (Å²) in [6.45, 7) is 1.30. The zero-order valence-corrected chi connectivity index (χ0v) is 14.4. The highest BCUT2D eigenvalue weighted by Crippen LogP contribution is 2.45. The number of rotatable bonds is 7.